The van der Waals surface area contributed by atoms with Crippen LogP contribution < -0.4 is 4.90 Å². The lowest BCUT2D eigenvalue weighted by Crippen LogP contribution is -2.33. The van der Waals surface area contributed by atoms with Gasteiger partial charge in [-0.3, -0.25) is 0 Å². The number of nitrogens with zero attached hydrogens (tertiary/aromatic N) is 2. The number of rotatable bonds is 4. The van der Waals surface area contributed by atoms with Gasteiger partial charge < -0.3 is 4.90 Å². The third-order valence-electron chi connectivity index (χ3n) is 2.87. The Bertz CT molecular complexity index is 312. The van der Waals surface area contributed by atoms with Crippen LogP contribution in [0.3, 0.4) is 0 Å². The first kappa shape index (κ1) is 12.3. The molecule has 0 spiro atoms. The minimum Gasteiger partial charge on any atom is -0.357 e. The van der Waals surface area contributed by atoms with Crippen LogP contribution in [0.25, 0.3) is 0 Å². The van der Waals surface area contributed by atoms with Crippen LogP contribution in [0.1, 0.15) is 26.5 Å². The van der Waals surface area contributed by atoms with Crippen molar-refractivity contribution >= 4 is 17.4 Å². The molecule has 84 valence electrons. The van der Waals surface area contributed by atoms with Gasteiger partial charge in [-0.1, -0.05) is 19.9 Å². The van der Waals surface area contributed by atoms with Gasteiger partial charge in [0, 0.05) is 13.1 Å². The van der Waals surface area contributed by atoms with Crippen molar-refractivity contribution in [2.75, 3.05) is 11.9 Å². The van der Waals surface area contributed by atoms with Crippen molar-refractivity contribution in [3.8, 4) is 0 Å². The standard InChI is InChI=1S/C12H19ClN2/c1-9(2)10(3)15(4)12-7-5-6-11(8-13)14-12/h5-7,9-10H,8H2,1-4H3. The molecular weight excluding hydrogens is 208 g/mol. The predicted octanol–water partition coefficient (Wildman–Crippen LogP) is 3.30. The van der Waals surface area contributed by atoms with Gasteiger partial charge in [0.1, 0.15) is 5.82 Å². The molecule has 2 nitrogen and oxygen atoms in total. The quantitative estimate of drug-likeness (QED) is 0.733. The van der Waals surface area contributed by atoms with Gasteiger partial charge in [-0.15, -0.1) is 11.6 Å². The van der Waals surface area contributed by atoms with Gasteiger partial charge in [0.2, 0.25) is 0 Å². The molecular formula is C12H19ClN2. The second-order valence-corrected chi connectivity index (χ2v) is 4.48. The van der Waals surface area contributed by atoms with E-state index >= 15 is 0 Å². The fourth-order valence-electron chi connectivity index (χ4n) is 1.39. The van der Waals surface area contributed by atoms with E-state index in [1.165, 1.54) is 0 Å². The second-order valence-electron chi connectivity index (χ2n) is 4.22. The van der Waals surface area contributed by atoms with Gasteiger partial charge in [0.25, 0.3) is 0 Å². The third-order valence-corrected chi connectivity index (χ3v) is 3.14. The summed E-state index contributed by atoms with van der Waals surface area (Å²) in [5, 5.41) is 0. The Morgan fingerprint density at radius 3 is 2.53 bits per heavy atom. The number of hydrogen-bond donors (Lipinski definition) is 0. The number of pyridine rings is 1. The molecule has 1 aromatic heterocycles. The largest absolute Gasteiger partial charge is 0.357 e. The summed E-state index contributed by atoms with van der Waals surface area (Å²) < 4.78 is 0. The minimum absolute atomic E-state index is 0.470. The van der Waals surface area contributed by atoms with Gasteiger partial charge in [-0.05, 0) is 25.0 Å². The zero-order chi connectivity index (χ0) is 11.4. The van der Waals surface area contributed by atoms with Crippen molar-refractivity contribution in [3.05, 3.63) is 23.9 Å². The summed E-state index contributed by atoms with van der Waals surface area (Å²) >= 11 is 5.76. The molecule has 0 fully saturated rings. The molecule has 0 radical (unpaired) electrons. The highest BCUT2D eigenvalue weighted by atomic mass is 35.5. The van der Waals surface area contributed by atoms with E-state index in [0.717, 1.165) is 11.5 Å². The summed E-state index contributed by atoms with van der Waals surface area (Å²) in [5.74, 6) is 2.07. The number of alkyl halides is 1. The van der Waals surface area contributed by atoms with E-state index in [1.54, 1.807) is 0 Å². The molecule has 1 atom stereocenters. The minimum atomic E-state index is 0.470. The number of anilines is 1. The average Bonchev–Trinajstić information content (AvgIpc) is 2.27. The fourth-order valence-corrected chi connectivity index (χ4v) is 1.54. The molecule has 3 heteroatoms. The number of aromatic nitrogens is 1. The van der Waals surface area contributed by atoms with Crippen LogP contribution in [0.15, 0.2) is 18.2 Å². The summed E-state index contributed by atoms with van der Waals surface area (Å²) in [6, 6.07) is 6.45. The van der Waals surface area contributed by atoms with Crippen molar-refractivity contribution < 1.29 is 0 Å². The molecule has 1 unspecified atom stereocenters. The molecule has 1 heterocycles. The topological polar surface area (TPSA) is 16.1 Å². The Morgan fingerprint density at radius 2 is 2.00 bits per heavy atom. The van der Waals surface area contributed by atoms with Crippen LogP contribution in [0.2, 0.25) is 0 Å². The first-order chi connectivity index (χ1) is 7.06. The van der Waals surface area contributed by atoms with Gasteiger partial charge >= 0.3 is 0 Å². The van der Waals surface area contributed by atoms with Crippen molar-refractivity contribution in [2.45, 2.75) is 32.7 Å². The first-order valence-electron chi connectivity index (χ1n) is 5.31. The Morgan fingerprint density at radius 1 is 1.33 bits per heavy atom. The van der Waals surface area contributed by atoms with E-state index in [0.29, 0.717) is 17.8 Å². The second kappa shape index (κ2) is 5.36. The van der Waals surface area contributed by atoms with E-state index in [4.69, 9.17) is 11.6 Å². The molecule has 15 heavy (non-hydrogen) atoms. The predicted molar refractivity (Wildman–Crippen MR) is 66.5 cm³/mol. The smallest absolute Gasteiger partial charge is 0.128 e. The fraction of sp³-hybridized carbons (Fsp3) is 0.583. The monoisotopic (exact) mass is 226 g/mol. The van der Waals surface area contributed by atoms with Gasteiger partial charge in [-0.2, -0.15) is 0 Å². The maximum absolute atomic E-state index is 5.76. The van der Waals surface area contributed by atoms with E-state index < -0.39 is 0 Å². The lowest BCUT2D eigenvalue weighted by atomic mass is 10.1. The molecule has 0 amide bonds. The van der Waals surface area contributed by atoms with Crippen molar-refractivity contribution in [2.24, 2.45) is 5.92 Å². The maximum Gasteiger partial charge on any atom is 0.128 e. The molecule has 0 aliphatic carbocycles. The van der Waals surface area contributed by atoms with Crippen molar-refractivity contribution in [1.29, 1.82) is 0 Å². The lowest BCUT2D eigenvalue weighted by Gasteiger charge is -2.29. The molecule has 0 aliphatic heterocycles. The molecule has 0 aromatic carbocycles. The molecule has 0 saturated carbocycles. The average molecular weight is 227 g/mol. The van der Waals surface area contributed by atoms with Crippen molar-refractivity contribution in [3.63, 3.8) is 0 Å². The van der Waals surface area contributed by atoms with Gasteiger partial charge in [0.15, 0.2) is 0 Å². The molecule has 0 saturated heterocycles. The summed E-state index contributed by atoms with van der Waals surface area (Å²) in [5.41, 5.74) is 0.928. The molecule has 0 aliphatic rings. The van der Waals surface area contributed by atoms with E-state index in [2.05, 4.69) is 37.7 Å². The van der Waals surface area contributed by atoms with Crippen LogP contribution in [0, 0.1) is 5.92 Å². The van der Waals surface area contributed by atoms with E-state index in [-0.39, 0.29) is 0 Å². The Labute approximate surface area is 97.3 Å². The van der Waals surface area contributed by atoms with E-state index in [1.807, 2.05) is 18.2 Å². The first-order valence-corrected chi connectivity index (χ1v) is 5.84. The van der Waals surface area contributed by atoms with Crippen LogP contribution in [-0.4, -0.2) is 18.1 Å². The van der Waals surface area contributed by atoms with E-state index in [9.17, 15) is 0 Å². The summed E-state index contributed by atoms with van der Waals surface area (Å²) in [7, 11) is 2.07. The highest BCUT2D eigenvalue weighted by Crippen LogP contribution is 2.17. The number of halogens is 1. The normalized spacial score (nSPS) is 12.9. The Hall–Kier alpha value is -0.760. The summed E-state index contributed by atoms with van der Waals surface area (Å²) in [6.45, 7) is 6.64. The zero-order valence-electron chi connectivity index (χ0n) is 9.87. The third kappa shape index (κ3) is 3.10. The molecule has 1 rings (SSSR count). The van der Waals surface area contributed by atoms with Gasteiger partial charge in [0.05, 0.1) is 11.6 Å². The van der Waals surface area contributed by atoms with Crippen LogP contribution in [-0.2, 0) is 5.88 Å². The molecule has 0 bridgehead atoms. The summed E-state index contributed by atoms with van der Waals surface area (Å²) in [6.07, 6.45) is 0. The molecule has 0 N–H and O–H groups in total. The van der Waals surface area contributed by atoms with Crippen molar-refractivity contribution in [1.82, 2.24) is 4.98 Å². The lowest BCUT2D eigenvalue weighted by molar-refractivity contribution is 0.502. The zero-order valence-corrected chi connectivity index (χ0v) is 10.6. The van der Waals surface area contributed by atoms with Crippen LogP contribution >= 0.6 is 11.6 Å². The highest BCUT2D eigenvalue weighted by molar-refractivity contribution is 6.16. The molecule has 1 aromatic rings. The SMILES string of the molecule is CC(C)C(C)N(C)c1cccc(CCl)n1. The Kier molecular flexibility index (Phi) is 4.40. The summed E-state index contributed by atoms with van der Waals surface area (Å²) in [4.78, 5) is 6.68. The highest BCUT2D eigenvalue weighted by Gasteiger charge is 2.14. The van der Waals surface area contributed by atoms with Crippen LogP contribution in [0.5, 0.6) is 0 Å². The Balaban J connectivity index is 2.85. The van der Waals surface area contributed by atoms with Gasteiger partial charge in [-0.25, -0.2) is 4.98 Å². The van der Waals surface area contributed by atoms with Crippen LogP contribution in [0.4, 0.5) is 5.82 Å². The number of hydrogen-bond acceptors (Lipinski definition) is 2. The maximum atomic E-state index is 5.76.